The normalized spacial score (nSPS) is 18.0. The first kappa shape index (κ1) is 14.2. The number of carbonyl (C=O) groups is 2. The monoisotopic (exact) mass is 310 g/mol. The van der Waals surface area contributed by atoms with Crippen LogP contribution in [0.5, 0.6) is 0 Å². The first-order valence-electron chi connectivity index (χ1n) is 7.07. The molecule has 2 fully saturated rings. The van der Waals surface area contributed by atoms with Gasteiger partial charge >= 0.3 is 6.03 Å². The minimum atomic E-state index is -0.831. The zero-order valence-corrected chi connectivity index (χ0v) is 12.4. The zero-order chi connectivity index (χ0) is 14.8. The molecule has 1 saturated heterocycles. The van der Waals surface area contributed by atoms with E-state index in [0.717, 1.165) is 37.0 Å². The van der Waals surface area contributed by atoms with Crippen LogP contribution in [-0.2, 0) is 4.79 Å². The average Bonchev–Trinajstić information content (AvgIpc) is 2.98. The second kappa shape index (κ2) is 5.92. The van der Waals surface area contributed by atoms with Crippen LogP contribution in [0.2, 0.25) is 0 Å². The number of urea groups is 1. The standard InChI is InChI=1S/C12H18N6O2S/c13-10(20)14-9(19)7-21-12-16-15-11(17-5-1-2-6-17)18(12)8-3-4-8/h8H,1-7H2,(H3,13,14,19,20). The van der Waals surface area contributed by atoms with Crippen molar-refractivity contribution in [3.63, 3.8) is 0 Å². The SMILES string of the molecule is NC(=O)NC(=O)CSc1nnc(N2CCCC2)n1C1CC1. The minimum absolute atomic E-state index is 0.105. The van der Waals surface area contributed by atoms with Crippen molar-refractivity contribution in [2.45, 2.75) is 36.9 Å². The van der Waals surface area contributed by atoms with Gasteiger partial charge in [0.1, 0.15) is 0 Å². The summed E-state index contributed by atoms with van der Waals surface area (Å²) in [7, 11) is 0. The van der Waals surface area contributed by atoms with Crippen molar-refractivity contribution in [2.24, 2.45) is 5.73 Å². The number of nitrogens with one attached hydrogen (secondary N) is 1. The number of primary amides is 1. The maximum atomic E-state index is 11.5. The van der Waals surface area contributed by atoms with Gasteiger partial charge in [-0.2, -0.15) is 0 Å². The smallest absolute Gasteiger partial charge is 0.318 e. The lowest BCUT2D eigenvalue weighted by molar-refractivity contribution is -0.117. The second-order valence-corrected chi connectivity index (χ2v) is 6.22. The van der Waals surface area contributed by atoms with E-state index >= 15 is 0 Å². The summed E-state index contributed by atoms with van der Waals surface area (Å²) in [5.74, 6) is 0.599. The third-order valence-electron chi connectivity index (χ3n) is 3.54. The molecule has 0 aromatic carbocycles. The van der Waals surface area contributed by atoms with Crippen LogP contribution in [0.3, 0.4) is 0 Å². The number of imide groups is 1. The van der Waals surface area contributed by atoms with Crippen LogP contribution in [0, 0.1) is 0 Å². The van der Waals surface area contributed by atoms with Gasteiger partial charge in [0.05, 0.1) is 5.75 Å². The molecule has 0 atom stereocenters. The second-order valence-electron chi connectivity index (χ2n) is 5.28. The summed E-state index contributed by atoms with van der Waals surface area (Å²) in [6.45, 7) is 2.02. The molecule has 1 saturated carbocycles. The quantitative estimate of drug-likeness (QED) is 0.767. The van der Waals surface area contributed by atoms with E-state index in [9.17, 15) is 9.59 Å². The third-order valence-corrected chi connectivity index (χ3v) is 4.49. The molecule has 2 aliphatic rings. The van der Waals surface area contributed by atoms with Crippen LogP contribution in [0.15, 0.2) is 5.16 Å². The zero-order valence-electron chi connectivity index (χ0n) is 11.6. The fraction of sp³-hybridized carbons (Fsp3) is 0.667. The van der Waals surface area contributed by atoms with Crippen LogP contribution in [0.1, 0.15) is 31.7 Å². The summed E-state index contributed by atoms with van der Waals surface area (Å²) in [6, 6.07) is -0.390. The first-order valence-corrected chi connectivity index (χ1v) is 8.05. The van der Waals surface area contributed by atoms with Crippen molar-refractivity contribution in [3.8, 4) is 0 Å². The number of nitrogens with zero attached hydrogens (tertiary/aromatic N) is 4. The first-order chi connectivity index (χ1) is 10.1. The van der Waals surface area contributed by atoms with Crippen molar-refractivity contribution in [1.82, 2.24) is 20.1 Å². The van der Waals surface area contributed by atoms with E-state index in [1.54, 1.807) is 0 Å². The van der Waals surface area contributed by atoms with Crippen LogP contribution < -0.4 is 16.0 Å². The Balaban J connectivity index is 1.70. The predicted molar refractivity (Wildman–Crippen MR) is 78.2 cm³/mol. The number of hydrogen-bond acceptors (Lipinski definition) is 6. The number of thioether (sulfide) groups is 1. The Bertz CT molecular complexity index is 550. The van der Waals surface area contributed by atoms with Gasteiger partial charge in [-0.1, -0.05) is 11.8 Å². The van der Waals surface area contributed by atoms with Crippen LogP contribution in [-0.4, -0.2) is 45.5 Å². The Hall–Kier alpha value is -1.77. The number of amides is 3. The Morgan fingerprint density at radius 3 is 2.62 bits per heavy atom. The van der Waals surface area contributed by atoms with E-state index in [0.29, 0.717) is 6.04 Å². The average molecular weight is 310 g/mol. The van der Waals surface area contributed by atoms with Gasteiger partial charge in [0.25, 0.3) is 0 Å². The molecule has 1 aliphatic carbocycles. The molecule has 1 aliphatic heterocycles. The number of carbonyl (C=O) groups excluding carboxylic acids is 2. The Morgan fingerprint density at radius 2 is 2.00 bits per heavy atom. The van der Waals surface area contributed by atoms with Crippen molar-refractivity contribution in [2.75, 3.05) is 23.7 Å². The van der Waals surface area contributed by atoms with E-state index in [2.05, 4.69) is 25.0 Å². The molecule has 1 aromatic rings. The Morgan fingerprint density at radius 1 is 1.29 bits per heavy atom. The molecule has 0 unspecified atom stereocenters. The minimum Gasteiger partial charge on any atom is -0.351 e. The van der Waals surface area contributed by atoms with Crippen LogP contribution >= 0.6 is 11.8 Å². The molecule has 0 bridgehead atoms. The Labute approximate surface area is 126 Å². The lowest BCUT2D eigenvalue weighted by Gasteiger charge is -2.17. The molecule has 114 valence electrons. The van der Waals surface area contributed by atoms with Gasteiger partial charge in [0.2, 0.25) is 11.9 Å². The molecule has 3 N–H and O–H groups in total. The maximum Gasteiger partial charge on any atom is 0.318 e. The van der Waals surface area contributed by atoms with Gasteiger partial charge in [-0.25, -0.2) is 4.79 Å². The topological polar surface area (TPSA) is 106 Å². The molecule has 21 heavy (non-hydrogen) atoms. The van der Waals surface area contributed by atoms with Crippen LogP contribution in [0.4, 0.5) is 10.7 Å². The largest absolute Gasteiger partial charge is 0.351 e. The fourth-order valence-electron chi connectivity index (χ4n) is 2.46. The summed E-state index contributed by atoms with van der Waals surface area (Å²) >= 11 is 1.29. The lowest BCUT2D eigenvalue weighted by Crippen LogP contribution is -2.36. The van der Waals surface area contributed by atoms with Gasteiger partial charge in [0.15, 0.2) is 5.16 Å². The highest BCUT2D eigenvalue weighted by atomic mass is 32.2. The molecule has 2 heterocycles. The number of aromatic nitrogens is 3. The fourth-order valence-corrected chi connectivity index (χ4v) is 3.26. The predicted octanol–water partition coefficient (Wildman–Crippen LogP) is 0.500. The van der Waals surface area contributed by atoms with E-state index in [1.807, 2.05) is 0 Å². The summed E-state index contributed by atoms with van der Waals surface area (Å²) in [5, 5.41) is 11.3. The summed E-state index contributed by atoms with van der Waals surface area (Å²) in [4.78, 5) is 24.4. The van der Waals surface area contributed by atoms with Crippen molar-refractivity contribution in [1.29, 1.82) is 0 Å². The van der Waals surface area contributed by atoms with Crippen molar-refractivity contribution < 1.29 is 9.59 Å². The molecule has 3 amide bonds. The number of hydrogen-bond donors (Lipinski definition) is 2. The van der Waals surface area contributed by atoms with Crippen molar-refractivity contribution in [3.05, 3.63) is 0 Å². The highest BCUT2D eigenvalue weighted by Gasteiger charge is 2.32. The number of nitrogens with two attached hydrogens (primary N) is 1. The molecule has 0 spiro atoms. The summed E-state index contributed by atoms with van der Waals surface area (Å²) in [6.07, 6.45) is 4.61. The van der Waals surface area contributed by atoms with Gasteiger partial charge in [-0.05, 0) is 25.7 Å². The lowest BCUT2D eigenvalue weighted by atomic mass is 10.4. The summed E-state index contributed by atoms with van der Waals surface area (Å²) in [5.41, 5.74) is 4.92. The number of anilines is 1. The molecule has 3 rings (SSSR count). The highest BCUT2D eigenvalue weighted by molar-refractivity contribution is 7.99. The van der Waals surface area contributed by atoms with E-state index in [-0.39, 0.29) is 5.75 Å². The summed E-state index contributed by atoms with van der Waals surface area (Å²) < 4.78 is 2.13. The molecular formula is C12H18N6O2S. The van der Waals surface area contributed by atoms with Gasteiger partial charge in [0, 0.05) is 19.1 Å². The van der Waals surface area contributed by atoms with Crippen molar-refractivity contribution >= 4 is 29.6 Å². The molecule has 1 aromatic heterocycles. The van der Waals surface area contributed by atoms with Gasteiger partial charge in [-0.15, -0.1) is 10.2 Å². The van der Waals surface area contributed by atoms with Crippen LogP contribution in [0.25, 0.3) is 0 Å². The van der Waals surface area contributed by atoms with Gasteiger partial charge in [-0.3, -0.25) is 14.7 Å². The van der Waals surface area contributed by atoms with Gasteiger partial charge < -0.3 is 10.6 Å². The Kier molecular flexibility index (Phi) is 4.00. The van der Waals surface area contributed by atoms with E-state index in [1.165, 1.54) is 24.6 Å². The molecular weight excluding hydrogens is 292 g/mol. The highest BCUT2D eigenvalue weighted by Crippen LogP contribution is 2.41. The molecule has 8 nitrogen and oxygen atoms in total. The van der Waals surface area contributed by atoms with E-state index in [4.69, 9.17) is 5.73 Å². The number of rotatable bonds is 5. The third kappa shape index (κ3) is 3.29. The van der Waals surface area contributed by atoms with E-state index < -0.39 is 11.9 Å². The molecule has 0 radical (unpaired) electrons. The maximum absolute atomic E-state index is 11.5. The molecule has 9 heteroatoms.